The zero-order valence-electron chi connectivity index (χ0n) is 11.6. The summed E-state index contributed by atoms with van der Waals surface area (Å²) in [5.74, 6) is -0.176. The summed E-state index contributed by atoms with van der Waals surface area (Å²) in [6.45, 7) is 1.68. The fourth-order valence-corrected chi connectivity index (χ4v) is 2.10. The summed E-state index contributed by atoms with van der Waals surface area (Å²) in [4.78, 5) is 12.1. The Bertz CT molecular complexity index is 631. The standard InChI is InChI=1S/C16H17ClN2O2/c1-11(18-15-8-3-2-5-12(15)10-20)16(21)19-14-7-4-6-13(17)9-14/h2-9,11,18,20H,10H2,1H3,(H,19,21)/t11-/m1/s1. The third-order valence-corrected chi connectivity index (χ3v) is 3.28. The molecular formula is C16H17ClN2O2. The number of nitrogens with one attached hydrogen (secondary N) is 2. The minimum absolute atomic E-state index is 0.0776. The number of para-hydroxylation sites is 1. The molecule has 0 aliphatic heterocycles. The lowest BCUT2D eigenvalue weighted by Gasteiger charge is -2.17. The molecule has 2 aromatic carbocycles. The predicted molar refractivity (Wildman–Crippen MR) is 85.5 cm³/mol. The van der Waals surface area contributed by atoms with Gasteiger partial charge in [-0.3, -0.25) is 4.79 Å². The number of hydrogen-bond acceptors (Lipinski definition) is 3. The van der Waals surface area contributed by atoms with Gasteiger partial charge in [0.05, 0.1) is 6.61 Å². The number of anilines is 2. The van der Waals surface area contributed by atoms with Gasteiger partial charge in [0.25, 0.3) is 0 Å². The Morgan fingerprint density at radius 3 is 2.71 bits per heavy atom. The maximum absolute atomic E-state index is 12.1. The van der Waals surface area contributed by atoms with E-state index in [1.807, 2.05) is 24.3 Å². The summed E-state index contributed by atoms with van der Waals surface area (Å²) in [7, 11) is 0. The van der Waals surface area contributed by atoms with Gasteiger partial charge < -0.3 is 15.7 Å². The molecule has 0 saturated carbocycles. The summed E-state index contributed by atoms with van der Waals surface area (Å²) in [6.07, 6.45) is 0. The molecule has 5 heteroatoms. The first-order chi connectivity index (χ1) is 10.1. The van der Waals surface area contributed by atoms with E-state index < -0.39 is 6.04 Å². The van der Waals surface area contributed by atoms with Crippen LogP contribution < -0.4 is 10.6 Å². The second-order valence-corrected chi connectivity index (χ2v) is 5.12. The van der Waals surface area contributed by atoms with Crippen LogP contribution in [0.3, 0.4) is 0 Å². The minimum atomic E-state index is -0.448. The second-order valence-electron chi connectivity index (χ2n) is 4.68. The number of aliphatic hydroxyl groups excluding tert-OH is 1. The minimum Gasteiger partial charge on any atom is -0.392 e. The van der Waals surface area contributed by atoms with Crippen molar-refractivity contribution in [2.24, 2.45) is 0 Å². The van der Waals surface area contributed by atoms with Gasteiger partial charge in [-0.25, -0.2) is 0 Å². The molecule has 0 radical (unpaired) electrons. The van der Waals surface area contributed by atoms with Crippen LogP contribution in [0.5, 0.6) is 0 Å². The number of carbonyl (C=O) groups excluding carboxylic acids is 1. The highest BCUT2D eigenvalue weighted by atomic mass is 35.5. The number of aliphatic hydroxyl groups is 1. The lowest BCUT2D eigenvalue weighted by atomic mass is 10.1. The summed E-state index contributed by atoms with van der Waals surface area (Å²) >= 11 is 5.88. The molecule has 0 heterocycles. The third kappa shape index (κ3) is 4.21. The normalized spacial score (nSPS) is 11.8. The second kappa shape index (κ2) is 7.11. The average molecular weight is 305 g/mol. The molecule has 3 N–H and O–H groups in total. The average Bonchev–Trinajstić information content (AvgIpc) is 2.47. The number of benzene rings is 2. The van der Waals surface area contributed by atoms with E-state index in [1.54, 1.807) is 31.2 Å². The van der Waals surface area contributed by atoms with Crippen LogP contribution in [0.15, 0.2) is 48.5 Å². The van der Waals surface area contributed by atoms with Crippen LogP contribution in [-0.2, 0) is 11.4 Å². The van der Waals surface area contributed by atoms with Crippen molar-refractivity contribution < 1.29 is 9.90 Å². The largest absolute Gasteiger partial charge is 0.392 e. The molecule has 0 saturated heterocycles. The fourth-order valence-electron chi connectivity index (χ4n) is 1.91. The Kier molecular flexibility index (Phi) is 5.20. The maximum Gasteiger partial charge on any atom is 0.246 e. The Labute approximate surface area is 128 Å². The van der Waals surface area contributed by atoms with Crippen LogP contribution in [0, 0.1) is 0 Å². The molecule has 0 fully saturated rings. The molecule has 0 aliphatic carbocycles. The zero-order valence-corrected chi connectivity index (χ0v) is 12.4. The molecular weight excluding hydrogens is 288 g/mol. The van der Waals surface area contributed by atoms with E-state index in [9.17, 15) is 9.90 Å². The van der Waals surface area contributed by atoms with Crippen molar-refractivity contribution in [2.45, 2.75) is 19.6 Å². The first kappa shape index (κ1) is 15.4. The number of rotatable bonds is 5. The van der Waals surface area contributed by atoms with E-state index in [2.05, 4.69) is 10.6 Å². The van der Waals surface area contributed by atoms with Gasteiger partial charge in [0.15, 0.2) is 0 Å². The highest BCUT2D eigenvalue weighted by Gasteiger charge is 2.14. The quantitative estimate of drug-likeness (QED) is 0.794. The van der Waals surface area contributed by atoms with Crippen molar-refractivity contribution in [1.82, 2.24) is 0 Å². The van der Waals surface area contributed by atoms with Crippen molar-refractivity contribution in [3.05, 3.63) is 59.1 Å². The van der Waals surface area contributed by atoms with Gasteiger partial charge in [-0.2, -0.15) is 0 Å². The van der Waals surface area contributed by atoms with Gasteiger partial charge in [0.1, 0.15) is 6.04 Å². The lowest BCUT2D eigenvalue weighted by molar-refractivity contribution is -0.116. The van der Waals surface area contributed by atoms with Crippen LogP contribution >= 0.6 is 11.6 Å². The highest BCUT2D eigenvalue weighted by Crippen LogP contribution is 2.18. The Morgan fingerprint density at radius 2 is 2.00 bits per heavy atom. The summed E-state index contributed by atoms with van der Waals surface area (Å²) in [5.41, 5.74) is 2.14. The molecule has 0 bridgehead atoms. The summed E-state index contributed by atoms with van der Waals surface area (Å²) < 4.78 is 0. The van der Waals surface area contributed by atoms with Crippen molar-refractivity contribution in [1.29, 1.82) is 0 Å². The molecule has 2 rings (SSSR count). The molecule has 0 aromatic heterocycles. The fraction of sp³-hybridized carbons (Fsp3) is 0.188. The van der Waals surface area contributed by atoms with Crippen molar-refractivity contribution in [2.75, 3.05) is 10.6 Å². The molecule has 0 aliphatic rings. The predicted octanol–water partition coefficient (Wildman–Crippen LogP) is 3.27. The molecule has 1 atom stereocenters. The molecule has 2 aromatic rings. The first-order valence-electron chi connectivity index (χ1n) is 6.62. The molecule has 0 spiro atoms. The van der Waals surface area contributed by atoms with Crippen LogP contribution in [0.2, 0.25) is 5.02 Å². The van der Waals surface area contributed by atoms with Crippen LogP contribution in [0.4, 0.5) is 11.4 Å². The zero-order chi connectivity index (χ0) is 15.2. The summed E-state index contributed by atoms with van der Waals surface area (Å²) in [6, 6.07) is 13.9. The van der Waals surface area contributed by atoms with E-state index in [0.717, 1.165) is 11.3 Å². The van der Waals surface area contributed by atoms with Gasteiger partial charge in [-0.1, -0.05) is 35.9 Å². The SMILES string of the molecule is C[C@@H](Nc1ccccc1CO)C(=O)Nc1cccc(Cl)c1. The van der Waals surface area contributed by atoms with Crippen molar-refractivity contribution in [3.8, 4) is 0 Å². The highest BCUT2D eigenvalue weighted by molar-refractivity contribution is 6.30. The third-order valence-electron chi connectivity index (χ3n) is 3.05. The van der Waals surface area contributed by atoms with Crippen LogP contribution in [0.1, 0.15) is 12.5 Å². The summed E-state index contributed by atoms with van der Waals surface area (Å²) in [5, 5.41) is 15.7. The molecule has 1 amide bonds. The molecule has 4 nitrogen and oxygen atoms in total. The van der Waals surface area contributed by atoms with Gasteiger partial charge in [0.2, 0.25) is 5.91 Å². The van der Waals surface area contributed by atoms with Gasteiger partial charge >= 0.3 is 0 Å². The Morgan fingerprint density at radius 1 is 1.24 bits per heavy atom. The Balaban J connectivity index is 2.02. The van der Waals surface area contributed by atoms with E-state index in [1.165, 1.54) is 0 Å². The van der Waals surface area contributed by atoms with Crippen molar-refractivity contribution in [3.63, 3.8) is 0 Å². The smallest absolute Gasteiger partial charge is 0.246 e. The van der Waals surface area contributed by atoms with E-state index in [4.69, 9.17) is 11.6 Å². The monoisotopic (exact) mass is 304 g/mol. The topological polar surface area (TPSA) is 61.4 Å². The number of carbonyl (C=O) groups is 1. The van der Waals surface area contributed by atoms with E-state index >= 15 is 0 Å². The maximum atomic E-state index is 12.1. The van der Waals surface area contributed by atoms with Crippen LogP contribution in [-0.4, -0.2) is 17.1 Å². The number of hydrogen-bond donors (Lipinski definition) is 3. The van der Waals surface area contributed by atoms with E-state index in [0.29, 0.717) is 10.7 Å². The van der Waals surface area contributed by atoms with Crippen molar-refractivity contribution >= 4 is 28.9 Å². The Hall–Kier alpha value is -2.04. The molecule has 0 unspecified atom stereocenters. The first-order valence-corrected chi connectivity index (χ1v) is 6.99. The van der Waals surface area contributed by atoms with Crippen LogP contribution in [0.25, 0.3) is 0 Å². The molecule has 21 heavy (non-hydrogen) atoms. The van der Waals surface area contributed by atoms with Gasteiger partial charge in [0, 0.05) is 22.0 Å². The van der Waals surface area contributed by atoms with E-state index in [-0.39, 0.29) is 12.5 Å². The van der Waals surface area contributed by atoms with Gasteiger partial charge in [-0.15, -0.1) is 0 Å². The lowest BCUT2D eigenvalue weighted by Crippen LogP contribution is -2.32. The number of amides is 1. The number of halogens is 1. The van der Waals surface area contributed by atoms with Gasteiger partial charge in [-0.05, 0) is 31.2 Å². The molecule has 110 valence electrons.